The van der Waals surface area contributed by atoms with E-state index in [2.05, 4.69) is 10.1 Å². The zero-order valence-electron chi connectivity index (χ0n) is 10.7. The van der Waals surface area contributed by atoms with Gasteiger partial charge in [0, 0.05) is 13.2 Å². The Morgan fingerprint density at radius 3 is 2.85 bits per heavy atom. The van der Waals surface area contributed by atoms with Gasteiger partial charge in [-0.05, 0) is 24.3 Å². The van der Waals surface area contributed by atoms with Gasteiger partial charge in [0.1, 0.15) is 0 Å². The largest absolute Gasteiger partial charge is 0.478 e. The van der Waals surface area contributed by atoms with E-state index in [0.717, 1.165) is 5.69 Å². The van der Waals surface area contributed by atoms with Crippen molar-refractivity contribution in [2.45, 2.75) is 6.54 Å². The molecule has 0 saturated carbocycles. The molecule has 2 heterocycles. The van der Waals surface area contributed by atoms with Crippen molar-refractivity contribution >= 4 is 17.0 Å². The van der Waals surface area contributed by atoms with E-state index in [1.807, 2.05) is 6.07 Å². The predicted molar refractivity (Wildman–Crippen MR) is 71.8 cm³/mol. The number of carbonyl (C=O) groups is 1. The first kappa shape index (κ1) is 12.2. The SMILES string of the molecule is Cn1ccc(Cn2c(=O)[nH]c3ccc(C(=O)O)cc32)n1. The minimum absolute atomic E-state index is 0.145. The number of aryl methyl sites for hydroxylation is 1. The van der Waals surface area contributed by atoms with E-state index in [1.54, 1.807) is 24.0 Å². The molecule has 2 aromatic heterocycles. The molecule has 7 nitrogen and oxygen atoms in total. The minimum atomic E-state index is -1.02. The first-order valence-corrected chi connectivity index (χ1v) is 5.99. The first-order valence-electron chi connectivity index (χ1n) is 5.99. The summed E-state index contributed by atoms with van der Waals surface area (Å²) in [6, 6.07) is 6.35. The average molecular weight is 272 g/mol. The molecule has 0 atom stereocenters. The number of fused-ring (bicyclic) bond motifs is 1. The highest BCUT2D eigenvalue weighted by molar-refractivity contribution is 5.92. The summed E-state index contributed by atoms with van der Waals surface area (Å²) in [5.74, 6) is -1.02. The Kier molecular flexibility index (Phi) is 2.67. The van der Waals surface area contributed by atoms with Crippen LogP contribution in [-0.4, -0.2) is 30.4 Å². The molecule has 102 valence electrons. The van der Waals surface area contributed by atoms with E-state index < -0.39 is 5.97 Å². The molecule has 2 N–H and O–H groups in total. The molecule has 3 rings (SSSR count). The standard InChI is InChI=1S/C13H12N4O3/c1-16-5-4-9(15-16)7-17-11-6-8(12(18)19)2-3-10(11)14-13(17)20/h2-6H,7H2,1H3,(H,14,20)(H,18,19). The topological polar surface area (TPSA) is 92.9 Å². The predicted octanol–water partition coefficient (Wildman–Crippen LogP) is 0.810. The van der Waals surface area contributed by atoms with Gasteiger partial charge in [-0.1, -0.05) is 0 Å². The number of imidazole rings is 1. The van der Waals surface area contributed by atoms with Gasteiger partial charge in [0.2, 0.25) is 0 Å². The lowest BCUT2D eigenvalue weighted by atomic mass is 10.2. The number of benzene rings is 1. The number of rotatable bonds is 3. The van der Waals surface area contributed by atoms with Gasteiger partial charge in [-0.3, -0.25) is 9.25 Å². The van der Waals surface area contributed by atoms with Gasteiger partial charge in [0.15, 0.2) is 0 Å². The van der Waals surface area contributed by atoms with Crippen molar-refractivity contribution in [2.24, 2.45) is 7.05 Å². The first-order chi connectivity index (χ1) is 9.54. The molecule has 1 aromatic carbocycles. The third-order valence-electron chi connectivity index (χ3n) is 3.11. The van der Waals surface area contributed by atoms with Gasteiger partial charge in [-0.15, -0.1) is 0 Å². The summed E-state index contributed by atoms with van der Waals surface area (Å²) < 4.78 is 3.13. The van der Waals surface area contributed by atoms with Crippen molar-refractivity contribution in [1.29, 1.82) is 0 Å². The summed E-state index contributed by atoms with van der Waals surface area (Å²) >= 11 is 0. The van der Waals surface area contributed by atoms with Gasteiger partial charge >= 0.3 is 11.7 Å². The second kappa shape index (κ2) is 4.37. The number of aromatic carboxylic acids is 1. The Morgan fingerprint density at radius 2 is 2.20 bits per heavy atom. The molecule has 0 bridgehead atoms. The maximum Gasteiger partial charge on any atom is 0.335 e. The van der Waals surface area contributed by atoms with Crippen molar-refractivity contribution in [3.8, 4) is 0 Å². The van der Waals surface area contributed by atoms with E-state index in [0.29, 0.717) is 17.6 Å². The van der Waals surface area contributed by atoms with Crippen LogP contribution in [0.2, 0.25) is 0 Å². The Labute approximate surface area is 113 Å². The molecule has 0 aliphatic heterocycles. The summed E-state index contributed by atoms with van der Waals surface area (Å²) in [5.41, 5.74) is 1.76. The third-order valence-corrected chi connectivity index (χ3v) is 3.11. The Bertz CT molecular complexity index is 856. The fraction of sp³-hybridized carbons (Fsp3) is 0.154. The molecule has 20 heavy (non-hydrogen) atoms. The Morgan fingerprint density at radius 1 is 1.40 bits per heavy atom. The van der Waals surface area contributed by atoms with E-state index in [-0.39, 0.29) is 11.3 Å². The van der Waals surface area contributed by atoms with Crippen LogP contribution in [0.5, 0.6) is 0 Å². The number of H-pyrrole nitrogens is 1. The van der Waals surface area contributed by atoms with Crippen molar-refractivity contribution in [3.05, 3.63) is 52.2 Å². The zero-order chi connectivity index (χ0) is 14.3. The van der Waals surface area contributed by atoms with E-state index in [1.165, 1.54) is 16.7 Å². The number of nitrogens with one attached hydrogen (secondary N) is 1. The minimum Gasteiger partial charge on any atom is -0.478 e. The lowest BCUT2D eigenvalue weighted by molar-refractivity contribution is 0.0697. The molecular formula is C13H12N4O3. The summed E-state index contributed by atoms with van der Waals surface area (Å²) in [6.07, 6.45) is 1.79. The van der Waals surface area contributed by atoms with Crippen LogP contribution in [0, 0.1) is 0 Å². The summed E-state index contributed by atoms with van der Waals surface area (Å²) in [7, 11) is 1.80. The molecule has 0 aliphatic rings. The second-order valence-corrected chi connectivity index (χ2v) is 4.53. The number of aromatic amines is 1. The van der Waals surface area contributed by atoms with Crippen molar-refractivity contribution in [1.82, 2.24) is 19.3 Å². The molecule has 0 fully saturated rings. The van der Waals surface area contributed by atoms with Crippen LogP contribution in [0.15, 0.2) is 35.3 Å². The number of nitrogens with zero attached hydrogens (tertiary/aromatic N) is 3. The van der Waals surface area contributed by atoms with Crippen LogP contribution in [0.1, 0.15) is 16.1 Å². The number of carboxylic acids is 1. The van der Waals surface area contributed by atoms with E-state index in [4.69, 9.17) is 5.11 Å². The van der Waals surface area contributed by atoms with Crippen LogP contribution in [-0.2, 0) is 13.6 Å². The smallest absolute Gasteiger partial charge is 0.335 e. The number of carboxylic acid groups (broad SMARTS) is 1. The monoisotopic (exact) mass is 272 g/mol. The fourth-order valence-electron chi connectivity index (χ4n) is 2.15. The van der Waals surface area contributed by atoms with Crippen molar-refractivity contribution in [2.75, 3.05) is 0 Å². The maximum atomic E-state index is 12.0. The van der Waals surface area contributed by atoms with Crippen molar-refractivity contribution < 1.29 is 9.90 Å². The summed E-state index contributed by atoms with van der Waals surface area (Å²) in [6.45, 7) is 0.294. The highest BCUT2D eigenvalue weighted by Crippen LogP contribution is 2.14. The number of aromatic nitrogens is 4. The molecule has 0 radical (unpaired) electrons. The second-order valence-electron chi connectivity index (χ2n) is 4.53. The lowest BCUT2D eigenvalue weighted by Gasteiger charge is -2.01. The van der Waals surface area contributed by atoms with Crippen LogP contribution in [0.4, 0.5) is 0 Å². The van der Waals surface area contributed by atoms with Gasteiger partial charge in [-0.2, -0.15) is 5.10 Å². The van der Waals surface area contributed by atoms with E-state index >= 15 is 0 Å². The molecular weight excluding hydrogens is 260 g/mol. The third kappa shape index (κ3) is 1.99. The maximum absolute atomic E-state index is 12.0. The van der Waals surface area contributed by atoms with Crippen molar-refractivity contribution in [3.63, 3.8) is 0 Å². The zero-order valence-corrected chi connectivity index (χ0v) is 10.7. The Hall–Kier alpha value is -2.83. The van der Waals surface area contributed by atoms with Crippen LogP contribution in [0.3, 0.4) is 0 Å². The lowest BCUT2D eigenvalue weighted by Crippen LogP contribution is -2.17. The highest BCUT2D eigenvalue weighted by Gasteiger charge is 2.11. The molecule has 3 aromatic rings. The summed E-state index contributed by atoms with van der Waals surface area (Å²) in [4.78, 5) is 25.7. The molecule has 7 heteroatoms. The van der Waals surface area contributed by atoms with Gasteiger partial charge < -0.3 is 10.1 Å². The average Bonchev–Trinajstić information content (AvgIpc) is 2.94. The molecule has 0 aliphatic carbocycles. The highest BCUT2D eigenvalue weighted by atomic mass is 16.4. The molecule has 0 spiro atoms. The Balaban J connectivity index is 2.13. The van der Waals surface area contributed by atoms with Crippen LogP contribution in [0.25, 0.3) is 11.0 Å². The molecule has 0 saturated heterocycles. The summed E-state index contributed by atoms with van der Waals surface area (Å²) in [5, 5.41) is 13.2. The van der Waals surface area contributed by atoms with Gasteiger partial charge in [-0.25, -0.2) is 9.59 Å². The van der Waals surface area contributed by atoms with Crippen LogP contribution < -0.4 is 5.69 Å². The van der Waals surface area contributed by atoms with E-state index in [9.17, 15) is 9.59 Å². The van der Waals surface area contributed by atoms with Gasteiger partial charge in [0.25, 0.3) is 0 Å². The van der Waals surface area contributed by atoms with Crippen LogP contribution >= 0.6 is 0 Å². The number of hydrogen-bond acceptors (Lipinski definition) is 3. The number of hydrogen-bond donors (Lipinski definition) is 2. The quantitative estimate of drug-likeness (QED) is 0.738. The fourth-order valence-corrected chi connectivity index (χ4v) is 2.15. The normalized spacial score (nSPS) is 11.1. The molecule has 0 amide bonds. The molecule has 0 unspecified atom stereocenters. The van der Waals surface area contributed by atoms with Gasteiger partial charge in [0.05, 0.1) is 28.8 Å².